The van der Waals surface area contributed by atoms with Crippen LogP contribution in [0.1, 0.15) is 35.7 Å². The third-order valence-electron chi connectivity index (χ3n) is 4.24. The van der Waals surface area contributed by atoms with Crippen LogP contribution < -0.4 is 14.4 Å². The molecule has 0 fully saturated rings. The fourth-order valence-electron chi connectivity index (χ4n) is 2.62. The highest BCUT2D eigenvalue weighted by Crippen LogP contribution is 2.32. The minimum Gasteiger partial charge on any atom is -0.495 e. The number of carbonyl (C=O) groups is 2. The van der Waals surface area contributed by atoms with E-state index in [-0.39, 0.29) is 18.1 Å². The van der Waals surface area contributed by atoms with Crippen molar-refractivity contribution in [2.45, 2.75) is 19.8 Å². The van der Waals surface area contributed by atoms with E-state index in [1.807, 2.05) is 24.3 Å². The Morgan fingerprint density at radius 1 is 1.04 bits per heavy atom. The summed E-state index contributed by atoms with van der Waals surface area (Å²) in [7, 11) is 4.33. The number of hydrogen-bond donors (Lipinski definition) is 0. The van der Waals surface area contributed by atoms with Crippen LogP contribution in [0.15, 0.2) is 42.5 Å². The van der Waals surface area contributed by atoms with Gasteiger partial charge in [0.1, 0.15) is 17.2 Å². The summed E-state index contributed by atoms with van der Waals surface area (Å²) in [4.78, 5) is 26.0. The van der Waals surface area contributed by atoms with Gasteiger partial charge in [-0.3, -0.25) is 4.79 Å². The molecule has 2 aromatic carbocycles. The van der Waals surface area contributed by atoms with Gasteiger partial charge in [0.25, 0.3) is 5.91 Å². The molecule has 2 aromatic rings. The van der Waals surface area contributed by atoms with E-state index >= 15 is 0 Å². The average molecular weight is 371 g/mol. The monoisotopic (exact) mass is 371 g/mol. The first kappa shape index (κ1) is 20.3. The normalized spacial score (nSPS) is 10.4. The zero-order valence-electron chi connectivity index (χ0n) is 16.3. The molecule has 0 saturated carbocycles. The van der Waals surface area contributed by atoms with E-state index in [9.17, 15) is 9.59 Å². The summed E-state index contributed by atoms with van der Waals surface area (Å²) in [5.41, 5.74) is 1.78. The molecule has 1 amide bonds. The Kier molecular flexibility index (Phi) is 6.82. The van der Waals surface area contributed by atoms with Gasteiger partial charge in [0.05, 0.1) is 19.8 Å². The fourth-order valence-corrected chi connectivity index (χ4v) is 2.62. The lowest BCUT2D eigenvalue weighted by molar-refractivity contribution is -0.120. The first-order chi connectivity index (χ1) is 12.9. The van der Waals surface area contributed by atoms with Crippen molar-refractivity contribution in [3.63, 3.8) is 0 Å². The molecule has 6 nitrogen and oxygen atoms in total. The number of ether oxygens (including phenoxy) is 3. The third-order valence-corrected chi connectivity index (χ3v) is 4.24. The van der Waals surface area contributed by atoms with Crippen LogP contribution in [0.5, 0.6) is 11.5 Å². The molecule has 0 bridgehead atoms. The Morgan fingerprint density at radius 3 is 2.26 bits per heavy atom. The maximum atomic E-state index is 12.6. The highest BCUT2D eigenvalue weighted by atomic mass is 16.5. The van der Waals surface area contributed by atoms with Crippen LogP contribution in [0.2, 0.25) is 0 Å². The lowest BCUT2D eigenvalue weighted by Gasteiger charge is -2.22. The Morgan fingerprint density at radius 2 is 1.70 bits per heavy atom. The van der Waals surface area contributed by atoms with Crippen molar-refractivity contribution in [2.75, 3.05) is 32.8 Å². The second-order valence-corrected chi connectivity index (χ2v) is 6.31. The molecule has 0 unspecified atom stereocenters. The number of benzene rings is 2. The number of anilines is 1. The Bertz CT molecular complexity index is 799. The average Bonchev–Trinajstić information content (AvgIpc) is 2.70. The molecule has 2 rings (SSSR count). The van der Waals surface area contributed by atoms with Gasteiger partial charge in [-0.25, -0.2) is 4.79 Å². The van der Waals surface area contributed by atoms with Crippen LogP contribution in [0.3, 0.4) is 0 Å². The zero-order chi connectivity index (χ0) is 20.0. The molecule has 0 heterocycles. The Labute approximate surface area is 159 Å². The van der Waals surface area contributed by atoms with Crippen molar-refractivity contribution >= 4 is 17.6 Å². The smallest absolute Gasteiger partial charge is 0.340 e. The summed E-state index contributed by atoms with van der Waals surface area (Å²) >= 11 is 0. The highest BCUT2D eigenvalue weighted by Gasteiger charge is 2.23. The second-order valence-electron chi connectivity index (χ2n) is 6.31. The molecule has 0 saturated heterocycles. The number of amides is 1. The summed E-state index contributed by atoms with van der Waals surface area (Å²) in [5.74, 6) is 0.560. The predicted molar refractivity (Wildman–Crippen MR) is 104 cm³/mol. The predicted octanol–water partition coefficient (Wildman–Crippen LogP) is 3.65. The maximum Gasteiger partial charge on any atom is 0.340 e. The first-order valence-corrected chi connectivity index (χ1v) is 8.63. The van der Waals surface area contributed by atoms with Gasteiger partial charge in [0.15, 0.2) is 6.61 Å². The number of rotatable bonds is 7. The molecule has 0 aromatic heterocycles. The summed E-state index contributed by atoms with van der Waals surface area (Å²) in [6, 6.07) is 12.6. The molecular formula is C21H25NO5. The van der Waals surface area contributed by atoms with E-state index in [1.54, 1.807) is 25.2 Å². The van der Waals surface area contributed by atoms with E-state index < -0.39 is 5.97 Å². The Balaban J connectivity index is 2.16. The molecule has 0 radical (unpaired) electrons. The number of esters is 1. The van der Waals surface area contributed by atoms with Crippen LogP contribution in [0, 0.1) is 0 Å². The molecule has 0 atom stereocenters. The molecule has 27 heavy (non-hydrogen) atoms. The first-order valence-electron chi connectivity index (χ1n) is 8.63. The molecular weight excluding hydrogens is 346 g/mol. The topological polar surface area (TPSA) is 65.1 Å². The minimum absolute atomic E-state index is 0.170. The van der Waals surface area contributed by atoms with Crippen molar-refractivity contribution in [2.24, 2.45) is 0 Å². The standard InChI is InChI=1S/C21H25NO5/c1-14(2)15-9-11-16(12-10-15)27-13-19(23)22(3)20-17(21(24)26-5)7-6-8-18(20)25-4/h6-12,14H,13H2,1-5H3. The summed E-state index contributed by atoms with van der Waals surface area (Å²) in [6.45, 7) is 4.05. The van der Waals surface area contributed by atoms with Crippen LogP contribution in [0.4, 0.5) is 5.69 Å². The van der Waals surface area contributed by atoms with Crippen molar-refractivity contribution in [3.05, 3.63) is 53.6 Å². The SMILES string of the molecule is COC(=O)c1cccc(OC)c1N(C)C(=O)COc1ccc(C(C)C)cc1. The summed E-state index contributed by atoms with van der Waals surface area (Å²) in [5, 5.41) is 0. The van der Waals surface area contributed by atoms with E-state index in [2.05, 4.69) is 13.8 Å². The lowest BCUT2D eigenvalue weighted by atomic mass is 10.0. The fraction of sp³-hybridized carbons (Fsp3) is 0.333. The molecule has 0 aliphatic carbocycles. The van der Waals surface area contributed by atoms with E-state index in [4.69, 9.17) is 14.2 Å². The molecule has 0 aliphatic heterocycles. The van der Waals surface area contributed by atoms with Gasteiger partial charge in [-0.05, 0) is 35.7 Å². The van der Waals surface area contributed by atoms with E-state index in [0.717, 1.165) is 0 Å². The maximum absolute atomic E-state index is 12.6. The van der Waals surface area contributed by atoms with Crippen molar-refractivity contribution in [3.8, 4) is 11.5 Å². The molecule has 0 N–H and O–H groups in total. The molecule has 144 valence electrons. The van der Waals surface area contributed by atoms with Crippen LogP contribution in [-0.2, 0) is 9.53 Å². The van der Waals surface area contributed by atoms with Gasteiger partial charge >= 0.3 is 5.97 Å². The van der Waals surface area contributed by atoms with Gasteiger partial charge in [0.2, 0.25) is 0 Å². The number of methoxy groups -OCH3 is 2. The van der Waals surface area contributed by atoms with Gasteiger partial charge in [0, 0.05) is 7.05 Å². The largest absolute Gasteiger partial charge is 0.495 e. The molecule has 0 aliphatic rings. The highest BCUT2D eigenvalue weighted by molar-refractivity contribution is 6.04. The van der Waals surface area contributed by atoms with Crippen molar-refractivity contribution < 1.29 is 23.8 Å². The molecule has 0 spiro atoms. The minimum atomic E-state index is -0.547. The van der Waals surface area contributed by atoms with Crippen molar-refractivity contribution in [1.29, 1.82) is 0 Å². The third kappa shape index (κ3) is 4.78. The Hall–Kier alpha value is -3.02. The molecule has 6 heteroatoms. The zero-order valence-corrected chi connectivity index (χ0v) is 16.3. The number of nitrogens with zero attached hydrogens (tertiary/aromatic N) is 1. The van der Waals surface area contributed by atoms with Crippen molar-refractivity contribution in [1.82, 2.24) is 0 Å². The number of carbonyl (C=O) groups excluding carboxylic acids is 2. The number of hydrogen-bond acceptors (Lipinski definition) is 5. The summed E-state index contributed by atoms with van der Waals surface area (Å²) < 4.78 is 15.7. The lowest BCUT2D eigenvalue weighted by Crippen LogP contribution is -2.33. The van der Waals surface area contributed by atoms with E-state index in [0.29, 0.717) is 23.1 Å². The number of likely N-dealkylation sites (N-methyl/N-ethyl adjacent to an activating group) is 1. The van der Waals surface area contributed by atoms with Gasteiger partial charge in [-0.1, -0.05) is 32.0 Å². The van der Waals surface area contributed by atoms with Crippen LogP contribution >= 0.6 is 0 Å². The van der Waals surface area contributed by atoms with E-state index in [1.165, 1.54) is 24.7 Å². The second kappa shape index (κ2) is 9.07. The van der Waals surface area contributed by atoms with Gasteiger partial charge in [-0.2, -0.15) is 0 Å². The number of para-hydroxylation sites is 1. The van der Waals surface area contributed by atoms with Gasteiger partial charge in [-0.15, -0.1) is 0 Å². The van der Waals surface area contributed by atoms with Gasteiger partial charge < -0.3 is 19.1 Å². The van der Waals surface area contributed by atoms with Crippen LogP contribution in [0.25, 0.3) is 0 Å². The quantitative estimate of drug-likeness (QED) is 0.695. The van der Waals surface area contributed by atoms with Crippen LogP contribution in [-0.4, -0.2) is 39.8 Å². The summed E-state index contributed by atoms with van der Waals surface area (Å²) in [6.07, 6.45) is 0.